The van der Waals surface area contributed by atoms with Crippen molar-refractivity contribution < 1.29 is 32.6 Å². The summed E-state index contributed by atoms with van der Waals surface area (Å²) in [4.78, 5) is 11.9. The van der Waals surface area contributed by atoms with E-state index in [0.29, 0.717) is 23.3 Å². The number of quaternary nitrogens is 1. The molecule has 0 spiro atoms. The summed E-state index contributed by atoms with van der Waals surface area (Å²) in [5.74, 6) is 0.727. The van der Waals surface area contributed by atoms with E-state index >= 15 is 0 Å². The van der Waals surface area contributed by atoms with Crippen LogP contribution in [0.3, 0.4) is 0 Å². The predicted octanol–water partition coefficient (Wildman–Crippen LogP) is 0.955. The first-order valence-corrected chi connectivity index (χ1v) is 8.17. The minimum absolute atomic E-state index is 0.179. The van der Waals surface area contributed by atoms with Gasteiger partial charge in [-0.15, -0.1) is 0 Å². The molecule has 0 bridgehead atoms. The van der Waals surface area contributed by atoms with Crippen LogP contribution in [-0.4, -0.2) is 70.0 Å². The number of hydrogen-bond acceptors (Lipinski definition) is 6. The lowest BCUT2D eigenvalue weighted by molar-refractivity contribution is -0.816. The number of amides is 1. The molecule has 3 fully saturated rings. The molecule has 0 saturated carbocycles. The van der Waals surface area contributed by atoms with Crippen LogP contribution < -0.4 is 10.1 Å². The van der Waals surface area contributed by atoms with Crippen LogP contribution in [0.4, 0.5) is 10.5 Å². The van der Waals surface area contributed by atoms with Gasteiger partial charge in [0.1, 0.15) is 18.5 Å². The van der Waals surface area contributed by atoms with Crippen LogP contribution in [-0.2, 0) is 18.7 Å². The zero-order chi connectivity index (χ0) is 16.6. The van der Waals surface area contributed by atoms with E-state index < -0.39 is 13.0 Å². The van der Waals surface area contributed by atoms with E-state index in [1.54, 1.807) is 31.4 Å². The predicted molar refractivity (Wildman–Crippen MR) is 85.4 cm³/mol. The number of carbonyl (C=O) groups excluding carboxylic acids is 1. The van der Waals surface area contributed by atoms with Crippen molar-refractivity contribution in [2.75, 3.05) is 51.9 Å². The quantitative estimate of drug-likeness (QED) is 0.826. The average molecular weight is 336 g/mol. The van der Waals surface area contributed by atoms with Gasteiger partial charge in [-0.1, -0.05) is 0 Å². The number of hydrogen-bond donors (Lipinski definition) is 1. The number of rotatable bonds is 4. The van der Waals surface area contributed by atoms with E-state index in [0.717, 1.165) is 25.4 Å². The van der Waals surface area contributed by atoms with Gasteiger partial charge >= 0.3 is 13.0 Å². The van der Waals surface area contributed by atoms with Crippen LogP contribution in [0.5, 0.6) is 5.75 Å². The Morgan fingerprint density at radius 3 is 2.62 bits per heavy atom. The Balaban J connectivity index is 1.29. The molecule has 3 aliphatic heterocycles. The summed E-state index contributed by atoms with van der Waals surface area (Å²) in [5.41, 5.74) is 0.644. The minimum atomic E-state index is -1.70. The highest BCUT2D eigenvalue weighted by Crippen LogP contribution is 2.41. The second kappa shape index (κ2) is 5.93. The second-order valence-electron chi connectivity index (χ2n) is 6.40. The molecule has 3 saturated heterocycles. The molecule has 4 rings (SSSR count). The van der Waals surface area contributed by atoms with Gasteiger partial charge in [0.05, 0.1) is 40.0 Å². The topological polar surface area (TPSA) is 75.3 Å². The van der Waals surface area contributed by atoms with E-state index in [4.69, 9.17) is 23.4 Å². The summed E-state index contributed by atoms with van der Waals surface area (Å²) in [6.45, 7) is 2.35. The van der Waals surface area contributed by atoms with E-state index in [9.17, 15) is 4.79 Å². The lowest BCUT2D eigenvalue weighted by Crippen LogP contribution is -2.59. The monoisotopic (exact) mass is 336 g/mol. The van der Waals surface area contributed by atoms with E-state index in [1.807, 2.05) is 0 Å². The van der Waals surface area contributed by atoms with Gasteiger partial charge in [-0.05, 0) is 24.3 Å². The molecular weight excluding hydrogens is 315 g/mol. The summed E-state index contributed by atoms with van der Waals surface area (Å²) in [7, 11) is 1.59. The first kappa shape index (κ1) is 15.7. The highest BCUT2D eigenvalue weighted by Gasteiger charge is 2.66. The fourth-order valence-corrected chi connectivity index (χ4v) is 3.86. The van der Waals surface area contributed by atoms with Crippen molar-refractivity contribution in [2.24, 2.45) is 0 Å². The number of nitrogens with one attached hydrogen (secondary N) is 1. The number of anilines is 1. The maximum atomic E-state index is 11.9. The van der Waals surface area contributed by atoms with Gasteiger partial charge in [-0.25, -0.2) is 4.79 Å². The average Bonchev–Trinajstić information content (AvgIpc) is 3.15. The SMILES string of the molecule is COc1ccc(NC(=O)OC[C@H]2C[N+]34CCO[B-]3(OCC4)O2)cc1. The smallest absolute Gasteiger partial charge is 0.497 e. The van der Waals surface area contributed by atoms with Crippen molar-refractivity contribution in [1.82, 2.24) is 0 Å². The summed E-state index contributed by atoms with van der Waals surface area (Å²) in [5, 5.41) is 2.68. The zero-order valence-electron chi connectivity index (χ0n) is 13.6. The van der Waals surface area contributed by atoms with E-state index in [2.05, 4.69) is 5.32 Å². The maximum absolute atomic E-state index is 11.9. The molecule has 24 heavy (non-hydrogen) atoms. The summed E-state index contributed by atoms with van der Waals surface area (Å²) >= 11 is 0. The van der Waals surface area contributed by atoms with Crippen LogP contribution in [0, 0.1) is 0 Å². The molecule has 1 amide bonds. The second-order valence-corrected chi connectivity index (χ2v) is 6.40. The summed E-state index contributed by atoms with van der Waals surface area (Å²) in [6.07, 6.45) is -0.713. The van der Waals surface area contributed by atoms with E-state index in [1.165, 1.54) is 0 Å². The third-order valence-electron chi connectivity index (χ3n) is 5.07. The molecule has 0 aliphatic carbocycles. The molecule has 0 unspecified atom stereocenters. The Kier molecular flexibility index (Phi) is 3.88. The van der Waals surface area contributed by atoms with Crippen molar-refractivity contribution >= 4 is 18.7 Å². The molecular formula is C15H21BN2O6. The maximum Gasteiger partial charge on any atom is 0.625 e. The van der Waals surface area contributed by atoms with Gasteiger partial charge in [-0.3, -0.25) is 5.32 Å². The van der Waals surface area contributed by atoms with E-state index in [-0.39, 0.29) is 12.7 Å². The van der Waals surface area contributed by atoms with Gasteiger partial charge < -0.3 is 27.8 Å². The molecule has 0 aromatic heterocycles. The first-order chi connectivity index (χ1) is 11.6. The largest absolute Gasteiger partial charge is 0.625 e. The lowest BCUT2D eigenvalue weighted by Gasteiger charge is -2.37. The molecule has 9 heteroatoms. The Labute approximate surface area is 140 Å². The molecule has 3 heterocycles. The third kappa shape index (κ3) is 2.53. The highest BCUT2D eigenvalue weighted by atomic mass is 16.8. The third-order valence-corrected chi connectivity index (χ3v) is 5.07. The molecule has 0 radical (unpaired) electrons. The zero-order valence-corrected chi connectivity index (χ0v) is 13.6. The van der Waals surface area contributed by atoms with Crippen molar-refractivity contribution in [1.29, 1.82) is 0 Å². The molecule has 1 aromatic carbocycles. The number of benzene rings is 1. The van der Waals surface area contributed by atoms with Crippen molar-refractivity contribution in [2.45, 2.75) is 6.10 Å². The fraction of sp³-hybridized carbons (Fsp3) is 0.533. The molecule has 3 aliphatic rings. The molecule has 130 valence electrons. The Morgan fingerprint density at radius 2 is 2.00 bits per heavy atom. The van der Waals surface area contributed by atoms with Crippen LogP contribution in [0.1, 0.15) is 0 Å². The number of nitrogens with zero attached hydrogens (tertiary/aromatic N) is 1. The normalized spacial score (nSPS) is 33.8. The van der Waals surface area contributed by atoms with Crippen molar-refractivity contribution in [3.05, 3.63) is 24.3 Å². The van der Waals surface area contributed by atoms with Crippen LogP contribution in [0.2, 0.25) is 0 Å². The first-order valence-electron chi connectivity index (χ1n) is 8.17. The number of ether oxygens (including phenoxy) is 2. The highest BCUT2D eigenvalue weighted by molar-refractivity contribution is 6.54. The van der Waals surface area contributed by atoms with Crippen LogP contribution in [0.15, 0.2) is 24.3 Å². The van der Waals surface area contributed by atoms with Gasteiger partial charge in [0.15, 0.2) is 0 Å². The minimum Gasteiger partial charge on any atom is -0.497 e. The standard InChI is InChI=1S/C15H21BN2O6/c1-20-13-4-2-12(3-5-13)17-15(19)21-11-14-10-18-6-8-22-16(18,24-14)23-9-7-18/h2-5,14H,6-11H2,1H3,(H,17,19)/t14-,16?,18?/m1/s1. The molecule has 1 N–H and O–H groups in total. The Bertz CT molecular complexity index is 595. The van der Waals surface area contributed by atoms with Gasteiger partial charge in [-0.2, -0.15) is 0 Å². The van der Waals surface area contributed by atoms with Gasteiger partial charge in [0, 0.05) is 5.69 Å². The molecule has 1 atom stereocenters. The molecule has 8 nitrogen and oxygen atoms in total. The Morgan fingerprint density at radius 1 is 1.29 bits per heavy atom. The van der Waals surface area contributed by atoms with Crippen LogP contribution in [0.25, 0.3) is 0 Å². The van der Waals surface area contributed by atoms with Gasteiger partial charge in [0.2, 0.25) is 0 Å². The summed E-state index contributed by atoms with van der Waals surface area (Å²) < 4.78 is 28.6. The number of carbonyl (C=O) groups is 1. The summed E-state index contributed by atoms with van der Waals surface area (Å²) in [6, 6.07) is 7.04. The fourth-order valence-electron chi connectivity index (χ4n) is 3.86. The molecule has 1 aromatic rings. The Hall–Kier alpha value is -1.81. The number of methoxy groups -OCH3 is 1. The van der Waals surface area contributed by atoms with Crippen LogP contribution >= 0.6 is 0 Å². The lowest BCUT2D eigenvalue weighted by atomic mass is 9.94. The van der Waals surface area contributed by atoms with Crippen molar-refractivity contribution in [3.63, 3.8) is 0 Å². The van der Waals surface area contributed by atoms with Gasteiger partial charge in [0.25, 0.3) is 0 Å². The van der Waals surface area contributed by atoms with Crippen molar-refractivity contribution in [3.8, 4) is 5.75 Å².